The van der Waals surface area contributed by atoms with Crippen molar-refractivity contribution in [3.8, 4) is 0 Å². The predicted octanol–water partition coefficient (Wildman–Crippen LogP) is 3.67. The molecular formula is C17H33BN2. The lowest BCUT2D eigenvalue weighted by atomic mass is 9.77. The molecule has 20 heavy (non-hydrogen) atoms. The van der Waals surface area contributed by atoms with Crippen LogP contribution in [0.4, 0.5) is 0 Å². The maximum atomic E-state index is 5.16. The van der Waals surface area contributed by atoms with Crippen LogP contribution < -0.4 is 0 Å². The highest BCUT2D eigenvalue weighted by atomic mass is 15.3. The highest BCUT2D eigenvalue weighted by Gasteiger charge is 2.37. The van der Waals surface area contributed by atoms with E-state index in [1.54, 1.807) is 0 Å². The maximum Gasteiger partial charge on any atom is 0.105 e. The van der Waals surface area contributed by atoms with Gasteiger partial charge < -0.3 is 4.90 Å². The lowest BCUT2D eigenvalue weighted by Crippen LogP contribution is -2.45. The molecule has 0 bridgehead atoms. The SMILES string of the molecule is BC1CCCCCC2C(CC1)N=C(C(C)C)N2C(C)C. The van der Waals surface area contributed by atoms with Crippen LogP contribution in [0, 0.1) is 5.92 Å². The van der Waals surface area contributed by atoms with Crippen LogP contribution >= 0.6 is 0 Å². The van der Waals surface area contributed by atoms with Crippen molar-refractivity contribution in [2.45, 2.75) is 96.6 Å². The third-order valence-electron chi connectivity index (χ3n) is 5.09. The first-order chi connectivity index (χ1) is 9.50. The van der Waals surface area contributed by atoms with Gasteiger partial charge in [0.15, 0.2) is 0 Å². The summed E-state index contributed by atoms with van der Waals surface area (Å²) in [6, 6.07) is 1.83. The van der Waals surface area contributed by atoms with Crippen molar-refractivity contribution >= 4 is 13.7 Å². The Labute approximate surface area is 126 Å². The number of amidine groups is 1. The fourth-order valence-corrected chi connectivity index (χ4v) is 3.98. The van der Waals surface area contributed by atoms with E-state index < -0.39 is 0 Å². The lowest BCUT2D eigenvalue weighted by molar-refractivity contribution is 0.225. The second kappa shape index (κ2) is 7.00. The van der Waals surface area contributed by atoms with Crippen LogP contribution in [0.25, 0.3) is 0 Å². The van der Waals surface area contributed by atoms with Crippen molar-refractivity contribution in [2.24, 2.45) is 10.9 Å². The van der Waals surface area contributed by atoms with Crippen molar-refractivity contribution in [1.29, 1.82) is 0 Å². The molecule has 0 saturated heterocycles. The first-order valence-corrected chi connectivity index (χ1v) is 8.86. The van der Waals surface area contributed by atoms with Crippen molar-refractivity contribution in [3.63, 3.8) is 0 Å². The van der Waals surface area contributed by atoms with E-state index in [1.807, 2.05) is 0 Å². The van der Waals surface area contributed by atoms with Gasteiger partial charge in [-0.1, -0.05) is 51.8 Å². The van der Waals surface area contributed by atoms with E-state index in [9.17, 15) is 0 Å². The number of rotatable bonds is 2. The van der Waals surface area contributed by atoms with Crippen LogP contribution in [0.1, 0.15) is 72.6 Å². The molecule has 1 heterocycles. The largest absolute Gasteiger partial charge is 0.353 e. The molecule has 2 rings (SSSR count). The van der Waals surface area contributed by atoms with Crippen LogP contribution in [0.5, 0.6) is 0 Å². The smallest absolute Gasteiger partial charge is 0.105 e. The Bertz CT molecular complexity index is 338. The summed E-state index contributed by atoms with van der Waals surface area (Å²) in [5.74, 6) is 2.83. The van der Waals surface area contributed by atoms with Gasteiger partial charge >= 0.3 is 0 Å². The lowest BCUT2D eigenvalue weighted by Gasteiger charge is -2.36. The summed E-state index contributed by atoms with van der Waals surface area (Å²) >= 11 is 0. The van der Waals surface area contributed by atoms with Gasteiger partial charge in [0.25, 0.3) is 0 Å². The zero-order valence-electron chi connectivity index (χ0n) is 14.2. The molecule has 0 aromatic heterocycles. The van der Waals surface area contributed by atoms with Crippen molar-refractivity contribution in [1.82, 2.24) is 4.90 Å². The van der Waals surface area contributed by atoms with Crippen molar-refractivity contribution in [2.75, 3.05) is 0 Å². The Kier molecular flexibility index (Phi) is 5.57. The molecule has 1 saturated carbocycles. The average Bonchev–Trinajstić information content (AvgIpc) is 2.75. The van der Waals surface area contributed by atoms with Crippen molar-refractivity contribution < 1.29 is 0 Å². The summed E-state index contributed by atoms with van der Waals surface area (Å²) in [4.78, 5) is 7.82. The van der Waals surface area contributed by atoms with Crippen LogP contribution in [0.2, 0.25) is 5.82 Å². The van der Waals surface area contributed by atoms with Gasteiger partial charge in [0.2, 0.25) is 0 Å². The molecule has 2 aliphatic rings. The molecule has 3 unspecified atom stereocenters. The van der Waals surface area contributed by atoms with Crippen LogP contribution in [-0.4, -0.2) is 36.7 Å². The second-order valence-corrected chi connectivity index (χ2v) is 7.60. The summed E-state index contributed by atoms with van der Waals surface area (Å²) in [7, 11) is 2.43. The zero-order valence-corrected chi connectivity index (χ0v) is 14.2. The van der Waals surface area contributed by atoms with Gasteiger partial charge in [0.05, 0.1) is 12.1 Å². The molecule has 0 radical (unpaired) electrons. The van der Waals surface area contributed by atoms with Gasteiger partial charge in [-0.2, -0.15) is 0 Å². The van der Waals surface area contributed by atoms with E-state index >= 15 is 0 Å². The van der Waals surface area contributed by atoms with Gasteiger partial charge in [0.1, 0.15) is 13.7 Å². The number of fused-ring (bicyclic) bond motifs is 1. The molecular weight excluding hydrogens is 243 g/mol. The summed E-state index contributed by atoms with van der Waals surface area (Å²) in [5.41, 5.74) is 0. The molecule has 3 heteroatoms. The van der Waals surface area contributed by atoms with Gasteiger partial charge in [-0.25, -0.2) is 0 Å². The molecule has 1 aliphatic carbocycles. The Morgan fingerprint density at radius 3 is 2.35 bits per heavy atom. The van der Waals surface area contributed by atoms with Gasteiger partial charge in [-0.3, -0.25) is 4.99 Å². The van der Waals surface area contributed by atoms with E-state index in [2.05, 4.69) is 40.4 Å². The van der Waals surface area contributed by atoms with Crippen LogP contribution in [0.3, 0.4) is 0 Å². The molecule has 3 atom stereocenters. The molecule has 1 fully saturated rings. The van der Waals surface area contributed by atoms with E-state index in [-0.39, 0.29) is 0 Å². The van der Waals surface area contributed by atoms with Crippen molar-refractivity contribution in [3.05, 3.63) is 0 Å². The predicted molar refractivity (Wildman–Crippen MR) is 91.4 cm³/mol. The summed E-state index contributed by atoms with van der Waals surface area (Å²) in [6.07, 6.45) is 9.66. The quantitative estimate of drug-likeness (QED) is 0.703. The van der Waals surface area contributed by atoms with Gasteiger partial charge in [0, 0.05) is 12.0 Å². The molecule has 0 amide bonds. The highest BCUT2D eigenvalue weighted by molar-refractivity contribution is 6.11. The molecule has 1 aliphatic heterocycles. The average molecular weight is 276 g/mol. The first-order valence-electron chi connectivity index (χ1n) is 8.86. The third kappa shape index (κ3) is 3.59. The van der Waals surface area contributed by atoms with Gasteiger partial charge in [-0.15, -0.1) is 0 Å². The third-order valence-corrected chi connectivity index (χ3v) is 5.09. The molecule has 0 aromatic carbocycles. The minimum absolute atomic E-state index is 0.562. The standard InChI is InChI=1S/C17H33BN2/c1-12(2)17-19-15-11-10-14(18)8-6-5-7-9-16(15)20(17)13(3)4/h12-16H,5-11,18H2,1-4H3. The number of nitrogens with zero attached hydrogens (tertiary/aromatic N) is 2. The molecule has 114 valence electrons. The molecule has 0 N–H and O–H groups in total. The zero-order chi connectivity index (χ0) is 14.7. The summed E-state index contributed by atoms with van der Waals surface area (Å²) in [5, 5.41) is 0. The number of hydrogen-bond acceptors (Lipinski definition) is 2. The number of aliphatic imine (C=N–C) groups is 1. The second-order valence-electron chi connectivity index (χ2n) is 7.60. The van der Waals surface area contributed by atoms with Gasteiger partial charge in [-0.05, 0) is 26.7 Å². The van der Waals surface area contributed by atoms with E-state index in [0.717, 1.165) is 5.82 Å². The minimum atomic E-state index is 0.562. The fourth-order valence-electron chi connectivity index (χ4n) is 3.98. The molecule has 0 spiro atoms. The molecule has 2 nitrogen and oxygen atoms in total. The monoisotopic (exact) mass is 276 g/mol. The topological polar surface area (TPSA) is 15.6 Å². The summed E-state index contributed by atoms with van der Waals surface area (Å²) < 4.78 is 0. The van der Waals surface area contributed by atoms with E-state index in [0.29, 0.717) is 24.0 Å². The molecule has 0 aromatic rings. The number of hydrogen-bond donors (Lipinski definition) is 0. The fraction of sp³-hybridized carbons (Fsp3) is 0.941. The normalized spacial score (nSPS) is 32.4. The highest BCUT2D eigenvalue weighted by Crippen LogP contribution is 2.33. The Hall–Kier alpha value is -0.465. The Balaban J connectivity index is 2.16. The minimum Gasteiger partial charge on any atom is -0.353 e. The van der Waals surface area contributed by atoms with E-state index in [4.69, 9.17) is 4.99 Å². The Morgan fingerprint density at radius 1 is 1.00 bits per heavy atom. The Morgan fingerprint density at radius 2 is 1.70 bits per heavy atom. The summed E-state index contributed by atoms with van der Waals surface area (Å²) in [6.45, 7) is 9.27. The maximum absolute atomic E-state index is 5.16. The first kappa shape index (κ1) is 15.9. The van der Waals surface area contributed by atoms with Crippen LogP contribution in [-0.2, 0) is 0 Å². The van der Waals surface area contributed by atoms with Crippen LogP contribution in [0.15, 0.2) is 4.99 Å². The van der Waals surface area contributed by atoms with E-state index in [1.165, 1.54) is 50.8 Å².